The Morgan fingerprint density at radius 1 is 1.10 bits per heavy atom. The molecule has 0 amide bonds. The minimum atomic E-state index is -0.457. The van der Waals surface area contributed by atoms with Crippen molar-refractivity contribution in [2.75, 3.05) is 7.11 Å². The van der Waals surface area contributed by atoms with Gasteiger partial charge in [0.1, 0.15) is 17.1 Å². The Bertz CT molecular complexity index is 1250. The zero-order valence-corrected chi connectivity index (χ0v) is 16.3. The molecule has 1 atom stereocenters. The van der Waals surface area contributed by atoms with Crippen LogP contribution in [0.5, 0.6) is 5.75 Å². The molecule has 148 valence electrons. The first-order valence-corrected chi connectivity index (χ1v) is 9.38. The van der Waals surface area contributed by atoms with E-state index in [1.54, 1.807) is 37.1 Å². The quantitative estimate of drug-likeness (QED) is 0.495. The number of aromatic nitrogens is 1. The van der Waals surface area contributed by atoms with E-state index in [0.29, 0.717) is 29.5 Å². The summed E-state index contributed by atoms with van der Waals surface area (Å²) in [5, 5.41) is 0.430. The summed E-state index contributed by atoms with van der Waals surface area (Å²) in [6, 6.07) is 14.6. The summed E-state index contributed by atoms with van der Waals surface area (Å²) in [6.07, 6.45) is 3.94. The molecule has 3 aromatic heterocycles. The van der Waals surface area contributed by atoms with Gasteiger partial charge in [0, 0.05) is 30.3 Å². The van der Waals surface area contributed by atoms with Crippen LogP contribution in [0, 0.1) is 6.92 Å². The molecule has 0 radical (unpaired) electrons. The Morgan fingerprint density at radius 2 is 1.93 bits per heavy atom. The van der Waals surface area contributed by atoms with E-state index < -0.39 is 5.63 Å². The first-order chi connectivity index (χ1) is 14.1. The molecule has 0 spiro atoms. The number of aryl methyl sites for hydroxylation is 2. The molecule has 0 aliphatic carbocycles. The van der Waals surface area contributed by atoms with Gasteiger partial charge >= 0.3 is 5.63 Å². The lowest BCUT2D eigenvalue weighted by atomic mass is 9.92. The summed E-state index contributed by atoms with van der Waals surface area (Å²) >= 11 is 0. The number of hydrogen-bond donors (Lipinski definition) is 0. The third-order valence-corrected chi connectivity index (χ3v) is 5.13. The molecule has 29 heavy (non-hydrogen) atoms. The van der Waals surface area contributed by atoms with Crippen LogP contribution in [-0.4, -0.2) is 11.7 Å². The molecule has 3 heterocycles. The van der Waals surface area contributed by atoms with Crippen LogP contribution >= 0.6 is 0 Å². The van der Waals surface area contributed by atoms with Gasteiger partial charge in [-0.3, -0.25) is 4.79 Å². The standard InChI is InChI=1S/C23H21NO5/c1-15-14-21(25)29-20-10-12-24(23(26)22(15)20)11-9-17(19-8-5-13-28-19)16-6-3-4-7-18(16)27-2/h3-8,10,12-14,17H,9,11H2,1-2H3. The maximum atomic E-state index is 13.0. The van der Waals surface area contributed by atoms with Crippen molar-refractivity contribution in [3.05, 3.63) is 98.7 Å². The molecule has 1 aromatic carbocycles. The van der Waals surface area contributed by atoms with Crippen molar-refractivity contribution in [2.24, 2.45) is 0 Å². The van der Waals surface area contributed by atoms with Crippen LogP contribution in [0.25, 0.3) is 11.0 Å². The lowest BCUT2D eigenvalue weighted by Crippen LogP contribution is -2.22. The Balaban J connectivity index is 1.71. The second kappa shape index (κ2) is 7.83. The maximum absolute atomic E-state index is 13.0. The van der Waals surface area contributed by atoms with Gasteiger partial charge in [0.05, 0.1) is 18.8 Å². The van der Waals surface area contributed by atoms with E-state index in [-0.39, 0.29) is 11.5 Å². The number of pyridine rings is 1. The minimum Gasteiger partial charge on any atom is -0.496 e. The Hall–Kier alpha value is -3.54. The van der Waals surface area contributed by atoms with Gasteiger partial charge in [0.15, 0.2) is 0 Å². The molecule has 0 N–H and O–H groups in total. The summed E-state index contributed by atoms with van der Waals surface area (Å²) < 4.78 is 18.0. The van der Waals surface area contributed by atoms with E-state index >= 15 is 0 Å². The summed E-state index contributed by atoms with van der Waals surface area (Å²) in [5.74, 6) is 1.52. The summed E-state index contributed by atoms with van der Waals surface area (Å²) in [6.45, 7) is 2.21. The molecule has 0 aliphatic heterocycles. The van der Waals surface area contributed by atoms with Crippen molar-refractivity contribution in [1.82, 2.24) is 4.57 Å². The van der Waals surface area contributed by atoms with Crippen molar-refractivity contribution in [3.8, 4) is 5.75 Å². The fraction of sp³-hybridized carbons (Fsp3) is 0.217. The van der Waals surface area contributed by atoms with Gasteiger partial charge in [0.2, 0.25) is 0 Å². The van der Waals surface area contributed by atoms with E-state index in [1.165, 1.54) is 6.07 Å². The van der Waals surface area contributed by atoms with Gasteiger partial charge in [0.25, 0.3) is 5.56 Å². The summed E-state index contributed by atoms with van der Waals surface area (Å²) in [4.78, 5) is 24.5. The zero-order chi connectivity index (χ0) is 20.4. The molecule has 0 fully saturated rings. The average Bonchev–Trinajstić information content (AvgIpc) is 3.24. The van der Waals surface area contributed by atoms with Gasteiger partial charge in [-0.2, -0.15) is 0 Å². The molecule has 4 rings (SSSR count). The van der Waals surface area contributed by atoms with Crippen LogP contribution in [0.2, 0.25) is 0 Å². The summed E-state index contributed by atoms with van der Waals surface area (Å²) in [7, 11) is 1.64. The fourth-order valence-electron chi connectivity index (χ4n) is 3.73. The lowest BCUT2D eigenvalue weighted by molar-refractivity contribution is 0.396. The van der Waals surface area contributed by atoms with Crippen molar-refractivity contribution >= 4 is 11.0 Å². The van der Waals surface area contributed by atoms with Crippen LogP contribution in [0.4, 0.5) is 0 Å². The number of ether oxygens (including phenoxy) is 1. The van der Waals surface area contributed by atoms with Gasteiger partial charge in [-0.05, 0) is 43.2 Å². The van der Waals surface area contributed by atoms with Crippen molar-refractivity contribution in [2.45, 2.75) is 25.8 Å². The van der Waals surface area contributed by atoms with Crippen LogP contribution in [0.1, 0.15) is 29.2 Å². The molecule has 0 saturated carbocycles. The van der Waals surface area contributed by atoms with E-state index in [2.05, 4.69) is 0 Å². The van der Waals surface area contributed by atoms with E-state index in [4.69, 9.17) is 13.6 Å². The highest BCUT2D eigenvalue weighted by molar-refractivity contribution is 5.78. The second-order valence-corrected chi connectivity index (χ2v) is 6.90. The smallest absolute Gasteiger partial charge is 0.336 e. The highest BCUT2D eigenvalue weighted by Gasteiger charge is 2.21. The number of nitrogens with zero attached hydrogens (tertiary/aromatic N) is 1. The Labute approximate surface area is 167 Å². The topological polar surface area (TPSA) is 74.6 Å². The third kappa shape index (κ3) is 3.61. The predicted molar refractivity (Wildman–Crippen MR) is 110 cm³/mol. The monoisotopic (exact) mass is 391 g/mol. The summed E-state index contributed by atoms with van der Waals surface area (Å²) in [5.41, 5.74) is 1.29. The van der Waals surface area contributed by atoms with E-state index in [9.17, 15) is 9.59 Å². The highest BCUT2D eigenvalue weighted by Crippen LogP contribution is 2.34. The molecule has 1 unspecified atom stereocenters. The molecule has 0 aliphatic rings. The Kier molecular flexibility index (Phi) is 5.08. The van der Waals surface area contributed by atoms with Crippen molar-refractivity contribution in [1.29, 1.82) is 0 Å². The highest BCUT2D eigenvalue weighted by atomic mass is 16.5. The third-order valence-electron chi connectivity index (χ3n) is 5.13. The number of benzene rings is 1. The van der Waals surface area contributed by atoms with E-state index in [0.717, 1.165) is 17.1 Å². The molecule has 0 bridgehead atoms. The number of hydrogen-bond acceptors (Lipinski definition) is 5. The first-order valence-electron chi connectivity index (χ1n) is 9.38. The molecule has 6 heteroatoms. The van der Waals surface area contributed by atoms with Crippen LogP contribution in [0.15, 0.2) is 79.4 Å². The first kappa shape index (κ1) is 18.8. The van der Waals surface area contributed by atoms with Crippen LogP contribution in [-0.2, 0) is 6.54 Å². The fourth-order valence-corrected chi connectivity index (χ4v) is 3.73. The SMILES string of the molecule is COc1ccccc1C(CCn1ccc2oc(=O)cc(C)c2c1=O)c1ccco1. The Morgan fingerprint density at radius 3 is 2.69 bits per heavy atom. The van der Waals surface area contributed by atoms with Crippen LogP contribution < -0.4 is 15.9 Å². The van der Waals surface area contributed by atoms with Gasteiger partial charge in [-0.25, -0.2) is 4.79 Å². The normalized spacial score (nSPS) is 12.2. The zero-order valence-electron chi connectivity index (χ0n) is 16.3. The molecular weight excluding hydrogens is 370 g/mol. The van der Waals surface area contributed by atoms with Gasteiger partial charge in [-0.15, -0.1) is 0 Å². The van der Waals surface area contributed by atoms with E-state index in [1.807, 2.05) is 36.4 Å². The van der Waals surface area contributed by atoms with Crippen molar-refractivity contribution in [3.63, 3.8) is 0 Å². The minimum absolute atomic E-state index is 0.0708. The predicted octanol–water partition coefficient (Wildman–Crippen LogP) is 4.09. The lowest BCUT2D eigenvalue weighted by Gasteiger charge is -2.19. The van der Waals surface area contributed by atoms with Gasteiger partial charge < -0.3 is 18.1 Å². The average molecular weight is 391 g/mol. The molecule has 4 aromatic rings. The number of fused-ring (bicyclic) bond motifs is 1. The number of furan rings is 1. The largest absolute Gasteiger partial charge is 0.496 e. The second-order valence-electron chi connectivity index (χ2n) is 6.90. The number of rotatable bonds is 6. The number of para-hydroxylation sites is 1. The molecule has 0 saturated heterocycles. The van der Waals surface area contributed by atoms with Crippen molar-refractivity contribution < 1.29 is 13.6 Å². The molecule has 6 nitrogen and oxygen atoms in total. The molecular formula is C23H21NO5. The maximum Gasteiger partial charge on any atom is 0.336 e. The van der Waals surface area contributed by atoms with Crippen LogP contribution in [0.3, 0.4) is 0 Å². The number of methoxy groups -OCH3 is 1. The van der Waals surface area contributed by atoms with Gasteiger partial charge in [-0.1, -0.05) is 18.2 Å².